The van der Waals surface area contributed by atoms with Crippen LogP contribution in [0.3, 0.4) is 0 Å². The summed E-state index contributed by atoms with van der Waals surface area (Å²) in [6.07, 6.45) is 8.47. The summed E-state index contributed by atoms with van der Waals surface area (Å²) in [5, 5.41) is 0. The van der Waals surface area contributed by atoms with E-state index in [0.29, 0.717) is 0 Å². The molecule has 0 saturated heterocycles. The highest BCUT2D eigenvalue weighted by molar-refractivity contribution is 5.88. The molecule has 2 heteroatoms. The van der Waals surface area contributed by atoms with Crippen LogP contribution in [0.1, 0.15) is 5.56 Å². The van der Waals surface area contributed by atoms with Gasteiger partial charge in [-0.1, -0.05) is 176 Å². The number of allylic oxidation sites excluding steroid dienone is 4. The van der Waals surface area contributed by atoms with E-state index in [4.69, 9.17) is 0 Å². The van der Waals surface area contributed by atoms with Crippen LogP contribution in [0.5, 0.6) is 0 Å². The number of para-hydroxylation sites is 1. The van der Waals surface area contributed by atoms with Gasteiger partial charge in [-0.3, -0.25) is 0 Å². The SMILES string of the molecule is C=C1/C=C\C=C/CN(c2ccccc2)c2cc(-c3cccc(-c4cccc(N(c5ccc(-c6ccccc6)cc5)c5ccc(-c6ccccc6)cc5)c4)c3)ccc21. The lowest BCUT2D eigenvalue weighted by Crippen LogP contribution is -2.18. The number of nitrogens with zero attached hydrogens (tertiary/aromatic N) is 2. The van der Waals surface area contributed by atoms with E-state index in [2.05, 4.69) is 247 Å². The molecule has 1 aliphatic heterocycles. The number of hydrogen-bond acceptors (Lipinski definition) is 2. The van der Waals surface area contributed by atoms with E-state index in [1.165, 1.54) is 22.3 Å². The third-order valence-electron chi connectivity index (χ3n) is 10.6. The Morgan fingerprint density at radius 2 is 0.860 bits per heavy atom. The summed E-state index contributed by atoms with van der Waals surface area (Å²) in [5.74, 6) is 0. The quantitative estimate of drug-likeness (QED) is 0.154. The van der Waals surface area contributed by atoms with Crippen molar-refractivity contribution in [2.75, 3.05) is 16.3 Å². The molecule has 8 aromatic carbocycles. The van der Waals surface area contributed by atoms with Crippen LogP contribution < -0.4 is 9.80 Å². The van der Waals surface area contributed by atoms with E-state index in [1.54, 1.807) is 0 Å². The monoisotopic (exact) mass is 730 g/mol. The molecule has 57 heavy (non-hydrogen) atoms. The summed E-state index contributed by atoms with van der Waals surface area (Å²) in [4.78, 5) is 4.72. The number of benzene rings is 8. The zero-order valence-electron chi connectivity index (χ0n) is 31.7. The van der Waals surface area contributed by atoms with Gasteiger partial charge in [0.15, 0.2) is 0 Å². The van der Waals surface area contributed by atoms with Crippen molar-refractivity contribution in [1.29, 1.82) is 0 Å². The second kappa shape index (κ2) is 16.1. The predicted molar refractivity (Wildman–Crippen MR) is 244 cm³/mol. The first kappa shape index (κ1) is 35.3. The third kappa shape index (κ3) is 7.62. The minimum Gasteiger partial charge on any atom is -0.337 e. The van der Waals surface area contributed by atoms with Gasteiger partial charge in [0.25, 0.3) is 0 Å². The molecule has 0 atom stereocenters. The van der Waals surface area contributed by atoms with Crippen molar-refractivity contribution in [3.8, 4) is 44.5 Å². The van der Waals surface area contributed by atoms with Crippen LogP contribution in [0.15, 0.2) is 237 Å². The van der Waals surface area contributed by atoms with E-state index in [9.17, 15) is 0 Å². The molecule has 0 aromatic heterocycles. The van der Waals surface area contributed by atoms with E-state index in [0.717, 1.165) is 68.4 Å². The van der Waals surface area contributed by atoms with Gasteiger partial charge in [0.05, 0.1) is 0 Å². The minimum absolute atomic E-state index is 0.755. The highest BCUT2D eigenvalue weighted by Crippen LogP contribution is 2.40. The number of fused-ring (bicyclic) bond motifs is 1. The fourth-order valence-corrected chi connectivity index (χ4v) is 7.68. The van der Waals surface area contributed by atoms with Crippen LogP contribution in [0.2, 0.25) is 0 Å². The lowest BCUT2D eigenvalue weighted by molar-refractivity contribution is 1.09. The second-order valence-electron chi connectivity index (χ2n) is 14.3. The van der Waals surface area contributed by atoms with Crippen molar-refractivity contribution in [3.05, 3.63) is 243 Å². The van der Waals surface area contributed by atoms with E-state index in [-0.39, 0.29) is 0 Å². The third-order valence-corrected chi connectivity index (χ3v) is 10.6. The maximum atomic E-state index is 4.43. The van der Waals surface area contributed by atoms with E-state index in [1.807, 2.05) is 0 Å². The van der Waals surface area contributed by atoms with Gasteiger partial charge in [-0.25, -0.2) is 0 Å². The van der Waals surface area contributed by atoms with Crippen molar-refractivity contribution in [2.45, 2.75) is 0 Å². The molecule has 0 unspecified atom stereocenters. The average Bonchev–Trinajstić information content (AvgIpc) is 3.36. The Hall–Kier alpha value is -7.42. The van der Waals surface area contributed by atoms with Crippen LogP contribution in [0, 0.1) is 0 Å². The highest BCUT2D eigenvalue weighted by Gasteiger charge is 2.18. The van der Waals surface area contributed by atoms with Gasteiger partial charge in [-0.05, 0) is 111 Å². The van der Waals surface area contributed by atoms with Crippen LogP contribution >= 0.6 is 0 Å². The summed E-state index contributed by atoms with van der Waals surface area (Å²) in [7, 11) is 0. The van der Waals surface area contributed by atoms with Gasteiger partial charge >= 0.3 is 0 Å². The molecule has 0 aliphatic carbocycles. The smallest absolute Gasteiger partial charge is 0.0499 e. The standard InChI is InChI=1S/C55H42N2/c1-41-16-6-5-13-37-56(50-24-11-4-12-25-50)55-40-49(31-36-54(41)55)47-22-14-21-46(38-47)48-23-15-26-53(39-48)57(51-32-27-44(28-33-51)42-17-7-2-8-18-42)52-34-29-45(30-35-52)43-19-9-3-10-20-43/h2-36,38-40H,1,37H2/b13-5-,16-6-. The molecule has 0 saturated carbocycles. The molecule has 0 radical (unpaired) electrons. The largest absolute Gasteiger partial charge is 0.337 e. The summed E-state index contributed by atoms with van der Waals surface area (Å²) >= 11 is 0. The van der Waals surface area contributed by atoms with E-state index < -0.39 is 0 Å². The van der Waals surface area contributed by atoms with Gasteiger partial charge in [-0.15, -0.1) is 0 Å². The molecule has 0 bridgehead atoms. The Balaban J connectivity index is 1.09. The van der Waals surface area contributed by atoms with E-state index >= 15 is 0 Å². The molecule has 9 rings (SSSR count). The highest BCUT2D eigenvalue weighted by atomic mass is 15.1. The van der Waals surface area contributed by atoms with Crippen molar-refractivity contribution < 1.29 is 0 Å². The number of hydrogen-bond donors (Lipinski definition) is 0. The fourth-order valence-electron chi connectivity index (χ4n) is 7.68. The Morgan fingerprint density at radius 1 is 0.386 bits per heavy atom. The first-order valence-electron chi connectivity index (χ1n) is 19.5. The number of rotatable bonds is 8. The van der Waals surface area contributed by atoms with Gasteiger partial charge in [0, 0.05) is 40.5 Å². The normalized spacial score (nSPS) is 13.5. The molecular formula is C55H42N2. The maximum absolute atomic E-state index is 4.43. The second-order valence-corrected chi connectivity index (χ2v) is 14.3. The van der Waals surface area contributed by atoms with Gasteiger partial charge in [0.1, 0.15) is 0 Å². The van der Waals surface area contributed by atoms with Crippen molar-refractivity contribution in [3.63, 3.8) is 0 Å². The molecule has 8 aromatic rings. The summed E-state index contributed by atoms with van der Waals surface area (Å²) < 4.78 is 0. The first-order chi connectivity index (χ1) is 28.2. The Kier molecular flexibility index (Phi) is 9.99. The first-order valence-corrected chi connectivity index (χ1v) is 19.5. The molecule has 2 nitrogen and oxygen atoms in total. The molecule has 0 N–H and O–H groups in total. The summed E-state index contributed by atoms with van der Waals surface area (Å²) in [5.41, 5.74) is 17.1. The molecule has 272 valence electrons. The zero-order valence-corrected chi connectivity index (χ0v) is 31.7. The Bertz CT molecular complexity index is 2610. The lowest BCUT2D eigenvalue weighted by atomic mass is 9.95. The van der Waals surface area contributed by atoms with Crippen molar-refractivity contribution in [1.82, 2.24) is 0 Å². The molecule has 1 aliphatic rings. The predicted octanol–water partition coefficient (Wildman–Crippen LogP) is 15.1. The van der Waals surface area contributed by atoms with Crippen LogP contribution in [0.4, 0.5) is 28.4 Å². The molecule has 0 amide bonds. The fraction of sp³-hybridized carbons (Fsp3) is 0.0182. The molecular weight excluding hydrogens is 689 g/mol. The minimum atomic E-state index is 0.755. The van der Waals surface area contributed by atoms with Gasteiger partial charge in [-0.2, -0.15) is 0 Å². The van der Waals surface area contributed by atoms with Gasteiger partial charge < -0.3 is 9.80 Å². The topological polar surface area (TPSA) is 6.48 Å². The summed E-state index contributed by atoms with van der Waals surface area (Å²) in [6.45, 7) is 5.19. The van der Waals surface area contributed by atoms with Crippen LogP contribution in [-0.2, 0) is 0 Å². The maximum Gasteiger partial charge on any atom is 0.0499 e. The zero-order chi connectivity index (χ0) is 38.4. The molecule has 0 spiro atoms. The van der Waals surface area contributed by atoms with Crippen molar-refractivity contribution in [2.24, 2.45) is 0 Å². The lowest BCUT2D eigenvalue weighted by Gasteiger charge is -2.27. The van der Waals surface area contributed by atoms with Crippen LogP contribution in [-0.4, -0.2) is 6.54 Å². The van der Waals surface area contributed by atoms with Gasteiger partial charge in [0.2, 0.25) is 0 Å². The average molecular weight is 731 g/mol. The molecule has 0 fully saturated rings. The number of anilines is 5. The van der Waals surface area contributed by atoms with Crippen molar-refractivity contribution >= 4 is 34.0 Å². The van der Waals surface area contributed by atoms with Crippen LogP contribution in [0.25, 0.3) is 50.1 Å². The summed E-state index contributed by atoms with van der Waals surface area (Å²) in [6, 6.07) is 74.0. The Labute approximate surface area is 336 Å². The Morgan fingerprint density at radius 3 is 1.46 bits per heavy atom. The molecule has 1 heterocycles.